The number of hydrogen-bond acceptors (Lipinski definition) is 6. The molecule has 1 aliphatic heterocycles. The van der Waals surface area contributed by atoms with Gasteiger partial charge in [-0.3, -0.25) is 9.69 Å². The number of aryl methyl sites for hydroxylation is 2. The number of H-pyrrole nitrogens is 1. The lowest BCUT2D eigenvalue weighted by Gasteiger charge is -2.40. The zero-order chi connectivity index (χ0) is 26.3. The molecule has 194 valence electrons. The number of nitrogens with one attached hydrogen (secondary N) is 1. The smallest absolute Gasteiger partial charge is 0.253 e. The van der Waals surface area contributed by atoms with Gasteiger partial charge in [0.15, 0.2) is 5.82 Å². The van der Waals surface area contributed by atoms with Crippen LogP contribution < -0.4 is 10.5 Å². The molecule has 5 rings (SSSR count). The molecular weight excluding hydrogens is 462 g/mol. The number of piperazine rings is 1. The number of fused-ring (bicyclic) bond motifs is 1. The molecule has 1 saturated heterocycles. The maximum atomic E-state index is 13.5. The van der Waals surface area contributed by atoms with Crippen molar-refractivity contribution in [3.05, 3.63) is 80.9 Å². The maximum Gasteiger partial charge on any atom is 0.253 e. The second-order valence-electron chi connectivity index (χ2n) is 11.1. The molecule has 1 fully saturated rings. The van der Waals surface area contributed by atoms with Gasteiger partial charge in [0.25, 0.3) is 5.56 Å². The summed E-state index contributed by atoms with van der Waals surface area (Å²) in [4.78, 5) is 21.5. The van der Waals surface area contributed by atoms with Gasteiger partial charge in [-0.2, -0.15) is 0 Å². The van der Waals surface area contributed by atoms with Crippen LogP contribution in [0.2, 0.25) is 0 Å². The van der Waals surface area contributed by atoms with Crippen molar-refractivity contribution in [3.8, 4) is 0 Å². The molecule has 37 heavy (non-hydrogen) atoms. The molecule has 1 aliphatic rings. The minimum Gasteiger partial charge on any atom is -0.369 e. The lowest BCUT2D eigenvalue weighted by atomic mass is 10.00. The van der Waals surface area contributed by atoms with Crippen LogP contribution in [0.25, 0.3) is 10.9 Å². The Bertz CT molecular complexity index is 1470. The van der Waals surface area contributed by atoms with Gasteiger partial charge in [-0.1, -0.05) is 25.1 Å². The van der Waals surface area contributed by atoms with E-state index in [2.05, 4.69) is 102 Å². The van der Waals surface area contributed by atoms with Crippen molar-refractivity contribution in [1.82, 2.24) is 30.1 Å². The van der Waals surface area contributed by atoms with E-state index < -0.39 is 0 Å². The van der Waals surface area contributed by atoms with Crippen LogP contribution in [0, 0.1) is 13.8 Å². The van der Waals surface area contributed by atoms with E-state index in [1.54, 1.807) is 0 Å². The third-order valence-electron chi connectivity index (χ3n) is 7.61. The van der Waals surface area contributed by atoms with Crippen molar-refractivity contribution in [3.63, 3.8) is 0 Å². The second kappa shape index (κ2) is 9.74. The van der Waals surface area contributed by atoms with Crippen molar-refractivity contribution >= 4 is 16.6 Å². The normalized spacial score (nSPS) is 15.9. The van der Waals surface area contributed by atoms with Crippen LogP contribution in [-0.2, 0) is 12.0 Å². The van der Waals surface area contributed by atoms with E-state index in [9.17, 15) is 4.79 Å². The lowest BCUT2D eigenvalue weighted by molar-refractivity contribution is 0.190. The first-order valence-electron chi connectivity index (χ1n) is 13.2. The summed E-state index contributed by atoms with van der Waals surface area (Å²) in [6.07, 6.45) is 0.941. The van der Waals surface area contributed by atoms with Crippen molar-refractivity contribution in [2.75, 3.05) is 31.1 Å². The molecule has 0 unspecified atom stereocenters. The molecule has 8 heteroatoms. The third-order valence-corrected chi connectivity index (χ3v) is 7.61. The van der Waals surface area contributed by atoms with Crippen LogP contribution in [0.5, 0.6) is 0 Å². The van der Waals surface area contributed by atoms with Crippen LogP contribution >= 0.6 is 0 Å². The Morgan fingerprint density at radius 1 is 1.03 bits per heavy atom. The highest BCUT2D eigenvalue weighted by Gasteiger charge is 2.35. The second-order valence-corrected chi connectivity index (χ2v) is 11.1. The van der Waals surface area contributed by atoms with Gasteiger partial charge in [0.1, 0.15) is 6.04 Å². The van der Waals surface area contributed by atoms with Crippen molar-refractivity contribution in [2.24, 2.45) is 0 Å². The number of nitrogens with zero attached hydrogens (tertiary/aromatic N) is 6. The topological polar surface area (TPSA) is 82.9 Å². The molecule has 0 saturated carbocycles. The monoisotopic (exact) mass is 499 g/mol. The first kappa shape index (κ1) is 25.1. The molecular formula is C29H37N7O. The summed E-state index contributed by atoms with van der Waals surface area (Å²) >= 11 is 0. The van der Waals surface area contributed by atoms with Gasteiger partial charge >= 0.3 is 0 Å². The summed E-state index contributed by atoms with van der Waals surface area (Å²) in [7, 11) is 0. The molecule has 3 heterocycles. The van der Waals surface area contributed by atoms with Crippen molar-refractivity contribution in [1.29, 1.82) is 0 Å². The zero-order valence-corrected chi connectivity index (χ0v) is 22.7. The van der Waals surface area contributed by atoms with E-state index in [4.69, 9.17) is 0 Å². The van der Waals surface area contributed by atoms with Gasteiger partial charge in [-0.05, 0) is 97.8 Å². The molecule has 1 N–H and O–H groups in total. The molecule has 0 amide bonds. The Balaban J connectivity index is 1.56. The molecule has 0 radical (unpaired) electrons. The summed E-state index contributed by atoms with van der Waals surface area (Å²) in [6, 6.07) is 14.4. The highest BCUT2D eigenvalue weighted by atomic mass is 16.1. The highest BCUT2D eigenvalue weighted by molar-refractivity contribution is 5.80. The van der Waals surface area contributed by atoms with Gasteiger partial charge in [0, 0.05) is 42.9 Å². The third kappa shape index (κ3) is 4.78. The Kier molecular flexibility index (Phi) is 6.62. The van der Waals surface area contributed by atoms with E-state index >= 15 is 0 Å². The number of anilines is 1. The minimum atomic E-state index is -0.353. The number of benzene rings is 2. The number of aromatic nitrogens is 5. The van der Waals surface area contributed by atoms with Crippen LogP contribution in [0.1, 0.15) is 61.8 Å². The number of rotatable bonds is 5. The number of hydrogen-bond donors (Lipinski definition) is 1. The molecule has 4 aromatic rings. The number of pyridine rings is 1. The van der Waals surface area contributed by atoms with E-state index in [0.717, 1.165) is 43.5 Å². The Hall–Kier alpha value is -3.52. The predicted octanol–water partition coefficient (Wildman–Crippen LogP) is 4.36. The van der Waals surface area contributed by atoms with E-state index in [0.29, 0.717) is 11.4 Å². The van der Waals surface area contributed by atoms with Gasteiger partial charge in [0.05, 0.1) is 5.54 Å². The lowest BCUT2D eigenvalue weighted by Crippen LogP contribution is -2.49. The molecule has 8 nitrogen and oxygen atoms in total. The molecule has 2 aromatic heterocycles. The number of tetrazole rings is 1. The van der Waals surface area contributed by atoms with Gasteiger partial charge in [0.2, 0.25) is 0 Å². The molecule has 0 spiro atoms. The summed E-state index contributed by atoms with van der Waals surface area (Å²) in [5.74, 6) is 0.698. The van der Waals surface area contributed by atoms with Crippen LogP contribution in [-0.4, -0.2) is 56.3 Å². The van der Waals surface area contributed by atoms with E-state index in [-0.39, 0.29) is 17.1 Å². The van der Waals surface area contributed by atoms with Gasteiger partial charge in [-0.15, -0.1) is 5.10 Å². The summed E-state index contributed by atoms with van der Waals surface area (Å²) < 4.78 is 1.86. The SMILES string of the molecule is CCc1ccc2[nH]c(=O)c([C@H](c3nnnn3C(C)(C)C)N3CCN(c4cccc(C)c4C)CC3)cc2c1. The predicted molar refractivity (Wildman–Crippen MR) is 148 cm³/mol. The van der Waals surface area contributed by atoms with Gasteiger partial charge < -0.3 is 9.88 Å². The zero-order valence-electron chi connectivity index (χ0n) is 22.7. The summed E-state index contributed by atoms with van der Waals surface area (Å²) in [6.45, 7) is 16.1. The fourth-order valence-electron chi connectivity index (χ4n) is 5.34. The highest BCUT2D eigenvalue weighted by Crippen LogP contribution is 2.32. The summed E-state index contributed by atoms with van der Waals surface area (Å²) in [5, 5.41) is 13.9. The van der Waals surface area contributed by atoms with Gasteiger partial charge in [-0.25, -0.2) is 4.68 Å². The Labute approximate surface area is 218 Å². The van der Waals surface area contributed by atoms with Crippen LogP contribution in [0.15, 0.2) is 47.3 Å². The summed E-state index contributed by atoms with van der Waals surface area (Å²) in [5.41, 5.74) is 6.26. The minimum absolute atomic E-state index is 0.0952. The average Bonchev–Trinajstić information content (AvgIpc) is 3.37. The van der Waals surface area contributed by atoms with Crippen LogP contribution in [0.3, 0.4) is 0 Å². The van der Waals surface area contributed by atoms with E-state index in [1.165, 1.54) is 22.4 Å². The molecule has 1 atom stereocenters. The van der Waals surface area contributed by atoms with E-state index in [1.807, 2.05) is 16.8 Å². The molecule has 2 aromatic carbocycles. The fraction of sp³-hybridized carbons (Fsp3) is 0.448. The average molecular weight is 500 g/mol. The Morgan fingerprint density at radius 3 is 2.49 bits per heavy atom. The van der Waals surface area contributed by atoms with Crippen LogP contribution in [0.4, 0.5) is 5.69 Å². The fourth-order valence-corrected chi connectivity index (χ4v) is 5.34. The van der Waals surface area contributed by atoms with Crippen molar-refractivity contribution < 1.29 is 0 Å². The molecule has 0 aliphatic carbocycles. The largest absolute Gasteiger partial charge is 0.369 e. The quantitative estimate of drug-likeness (QED) is 0.439. The first-order chi connectivity index (χ1) is 17.7. The number of aromatic amines is 1. The molecule has 0 bridgehead atoms. The van der Waals surface area contributed by atoms with Crippen molar-refractivity contribution in [2.45, 2.75) is 59.5 Å². The standard InChI is InChI=1S/C29H37N7O/c1-7-21-11-12-24-22(17-21)18-23(28(37)30-24)26(27-31-32-33-36(27)29(4,5)6)35-15-13-34(14-16-35)25-10-8-9-19(2)20(25)3/h8-12,17-18,26H,7,13-16H2,1-6H3,(H,30,37)/t26-/m1/s1. The maximum absolute atomic E-state index is 13.5. The Morgan fingerprint density at radius 2 is 1.78 bits per heavy atom. The first-order valence-corrected chi connectivity index (χ1v) is 13.2.